The summed E-state index contributed by atoms with van der Waals surface area (Å²) in [5.41, 5.74) is 7.29. The fourth-order valence-corrected chi connectivity index (χ4v) is 4.77. The van der Waals surface area contributed by atoms with Crippen molar-refractivity contribution in [1.82, 2.24) is 29.7 Å². The summed E-state index contributed by atoms with van der Waals surface area (Å²) >= 11 is 0. The van der Waals surface area contributed by atoms with Gasteiger partial charge in [0.15, 0.2) is 0 Å². The number of aromatic nitrogens is 4. The summed E-state index contributed by atoms with van der Waals surface area (Å²) in [6.07, 6.45) is 3.56. The minimum atomic E-state index is 0.232. The Balaban J connectivity index is 1.26. The first-order chi connectivity index (χ1) is 18.1. The number of nitrogens with zero attached hydrogens (tertiary/aromatic N) is 5. The number of H-pyrrole nitrogens is 1. The SMILES string of the molecule is COCc1cccc(-c2nc[nH]c2-c2ccc3ncc(NCCN4CCN(CC(C)=O)CC4)cc3n2)c1. The zero-order valence-electron chi connectivity index (χ0n) is 21.4. The number of hydrogen-bond donors (Lipinski definition) is 2. The van der Waals surface area contributed by atoms with Gasteiger partial charge < -0.3 is 15.0 Å². The maximum absolute atomic E-state index is 11.3. The van der Waals surface area contributed by atoms with Gasteiger partial charge in [0.25, 0.3) is 0 Å². The first-order valence-corrected chi connectivity index (χ1v) is 12.7. The van der Waals surface area contributed by atoms with Crippen molar-refractivity contribution in [3.05, 3.63) is 60.6 Å². The number of carbonyl (C=O) groups is 1. The standard InChI is InChI=1S/C28H33N7O2/c1-20(36)17-35-12-10-34(11-13-35)9-8-29-23-15-26-24(30-16-23)6-7-25(33-26)28-27(31-19-32-28)22-5-3-4-21(14-22)18-37-2/h3-7,14-16,19,29H,8-13,17-18H2,1-2H3,(H,31,32). The second-order valence-electron chi connectivity index (χ2n) is 9.46. The van der Waals surface area contributed by atoms with Crippen LogP contribution in [0.4, 0.5) is 5.69 Å². The van der Waals surface area contributed by atoms with E-state index in [-0.39, 0.29) is 5.78 Å². The molecule has 1 fully saturated rings. The Morgan fingerprint density at radius 1 is 1.05 bits per heavy atom. The van der Waals surface area contributed by atoms with Crippen molar-refractivity contribution >= 4 is 22.5 Å². The van der Waals surface area contributed by atoms with E-state index < -0.39 is 0 Å². The molecule has 2 N–H and O–H groups in total. The van der Waals surface area contributed by atoms with Crippen LogP contribution in [-0.2, 0) is 16.1 Å². The van der Waals surface area contributed by atoms with Crippen molar-refractivity contribution in [3.8, 4) is 22.6 Å². The molecular weight excluding hydrogens is 466 g/mol. The number of pyridine rings is 2. The summed E-state index contributed by atoms with van der Waals surface area (Å²) in [5, 5.41) is 3.49. The molecule has 4 heterocycles. The van der Waals surface area contributed by atoms with Gasteiger partial charge in [-0.15, -0.1) is 0 Å². The second-order valence-corrected chi connectivity index (χ2v) is 9.46. The van der Waals surface area contributed by atoms with Crippen LogP contribution in [0.5, 0.6) is 0 Å². The monoisotopic (exact) mass is 499 g/mol. The van der Waals surface area contributed by atoms with E-state index in [0.717, 1.165) is 84.2 Å². The van der Waals surface area contributed by atoms with Crippen LogP contribution in [0, 0.1) is 0 Å². The van der Waals surface area contributed by atoms with E-state index in [9.17, 15) is 4.79 Å². The Bertz CT molecular complexity index is 1360. The van der Waals surface area contributed by atoms with Crippen molar-refractivity contribution < 1.29 is 9.53 Å². The van der Waals surface area contributed by atoms with Crippen LogP contribution in [0.25, 0.3) is 33.7 Å². The van der Waals surface area contributed by atoms with Crippen LogP contribution < -0.4 is 5.32 Å². The number of ketones is 1. The number of nitrogens with one attached hydrogen (secondary N) is 2. The topological polar surface area (TPSA) is 99.3 Å². The predicted octanol–water partition coefficient (Wildman–Crippen LogP) is 3.45. The minimum absolute atomic E-state index is 0.232. The van der Waals surface area contributed by atoms with Crippen LogP contribution in [0.15, 0.2) is 55.0 Å². The number of rotatable bonds is 10. The minimum Gasteiger partial charge on any atom is -0.382 e. The highest BCUT2D eigenvalue weighted by Crippen LogP contribution is 2.29. The average molecular weight is 500 g/mol. The highest BCUT2D eigenvalue weighted by atomic mass is 16.5. The number of hydrogen-bond acceptors (Lipinski definition) is 8. The Morgan fingerprint density at radius 3 is 2.70 bits per heavy atom. The normalized spacial score (nSPS) is 14.8. The largest absolute Gasteiger partial charge is 0.382 e. The van der Waals surface area contributed by atoms with Crippen LogP contribution in [0.1, 0.15) is 12.5 Å². The molecule has 1 saturated heterocycles. The average Bonchev–Trinajstić information content (AvgIpc) is 3.40. The second kappa shape index (κ2) is 11.6. The van der Waals surface area contributed by atoms with Gasteiger partial charge in [-0.25, -0.2) is 9.97 Å². The summed E-state index contributed by atoms with van der Waals surface area (Å²) in [5.74, 6) is 0.232. The Kier molecular flexibility index (Phi) is 7.84. The Labute approximate surface area is 216 Å². The first-order valence-electron chi connectivity index (χ1n) is 12.7. The number of piperazine rings is 1. The lowest BCUT2D eigenvalue weighted by atomic mass is 10.1. The van der Waals surface area contributed by atoms with Gasteiger partial charge in [0.2, 0.25) is 0 Å². The van der Waals surface area contributed by atoms with Crippen molar-refractivity contribution in [2.45, 2.75) is 13.5 Å². The highest BCUT2D eigenvalue weighted by Gasteiger charge is 2.17. The maximum Gasteiger partial charge on any atom is 0.143 e. The van der Waals surface area contributed by atoms with Crippen molar-refractivity contribution in [2.75, 3.05) is 58.2 Å². The van der Waals surface area contributed by atoms with Gasteiger partial charge >= 0.3 is 0 Å². The predicted molar refractivity (Wildman–Crippen MR) is 145 cm³/mol. The molecule has 0 radical (unpaired) electrons. The molecule has 0 aliphatic carbocycles. The molecule has 192 valence electrons. The fraction of sp³-hybridized carbons (Fsp3) is 0.357. The number of methoxy groups -OCH3 is 1. The van der Waals surface area contributed by atoms with Crippen LogP contribution in [0.3, 0.4) is 0 Å². The van der Waals surface area contributed by atoms with Crippen LogP contribution >= 0.6 is 0 Å². The molecule has 0 spiro atoms. The Hall–Kier alpha value is -3.66. The fourth-order valence-electron chi connectivity index (χ4n) is 4.77. The number of carbonyl (C=O) groups excluding carboxylic acids is 1. The molecule has 3 aromatic heterocycles. The highest BCUT2D eigenvalue weighted by molar-refractivity contribution is 5.83. The van der Waals surface area contributed by atoms with E-state index in [1.54, 1.807) is 20.4 Å². The number of imidazole rings is 1. The molecule has 0 amide bonds. The van der Waals surface area contributed by atoms with Gasteiger partial charge in [0.05, 0.1) is 59.5 Å². The molecule has 0 saturated carbocycles. The number of fused-ring (bicyclic) bond motifs is 1. The van der Waals surface area contributed by atoms with Gasteiger partial charge in [-0.1, -0.05) is 18.2 Å². The molecule has 0 bridgehead atoms. The Morgan fingerprint density at radius 2 is 1.89 bits per heavy atom. The van der Waals surface area contributed by atoms with E-state index in [1.165, 1.54) is 0 Å². The van der Waals surface area contributed by atoms with Gasteiger partial charge in [-0.2, -0.15) is 0 Å². The number of ether oxygens (including phenoxy) is 1. The van der Waals surface area contributed by atoms with Crippen molar-refractivity contribution in [2.24, 2.45) is 0 Å². The number of anilines is 1. The van der Waals surface area contributed by atoms with Gasteiger partial charge in [-0.05, 0) is 36.8 Å². The molecule has 5 rings (SSSR count). The summed E-state index contributed by atoms with van der Waals surface area (Å²) in [7, 11) is 1.70. The third-order valence-electron chi connectivity index (χ3n) is 6.61. The first kappa shape index (κ1) is 25.0. The third kappa shape index (κ3) is 6.19. The lowest BCUT2D eigenvalue weighted by molar-refractivity contribution is -0.118. The quantitative estimate of drug-likeness (QED) is 0.342. The van der Waals surface area contributed by atoms with E-state index in [2.05, 4.69) is 36.1 Å². The van der Waals surface area contributed by atoms with Crippen LogP contribution in [0.2, 0.25) is 0 Å². The zero-order valence-corrected chi connectivity index (χ0v) is 21.4. The van der Waals surface area contributed by atoms with Crippen molar-refractivity contribution in [1.29, 1.82) is 0 Å². The molecule has 1 aliphatic heterocycles. The molecule has 0 unspecified atom stereocenters. The lowest BCUT2D eigenvalue weighted by Gasteiger charge is -2.34. The summed E-state index contributed by atoms with van der Waals surface area (Å²) < 4.78 is 5.28. The maximum atomic E-state index is 11.3. The van der Waals surface area contributed by atoms with E-state index in [1.807, 2.05) is 42.6 Å². The summed E-state index contributed by atoms with van der Waals surface area (Å²) in [4.78, 5) is 33.3. The smallest absolute Gasteiger partial charge is 0.143 e. The summed E-state index contributed by atoms with van der Waals surface area (Å²) in [6, 6.07) is 14.2. The molecule has 1 aromatic carbocycles. The molecule has 4 aromatic rings. The molecule has 9 nitrogen and oxygen atoms in total. The number of benzene rings is 1. The molecular formula is C28H33N7O2. The summed E-state index contributed by atoms with van der Waals surface area (Å²) in [6.45, 7) is 8.38. The van der Waals surface area contributed by atoms with E-state index >= 15 is 0 Å². The van der Waals surface area contributed by atoms with Gasteiger partial charge in [-0.3, -0.25) is 19.6 Å². The zero-order chi connectivity index (χ0) is 25.6. The molecule has 37 heavy (non-hydrogen) atoms. The number of aromatic amines is 1. The lowest BCUT2D eigenvalue weighted by Crippen LogP contribution is -2.48. The molecule has 1 aliphatic rings. The van der Waals surface area contributed by atoms with Crippen LogP contribution in [-0.4, -0.2) is 88.4 Å². The van der Waals surface area contributed by atoms with Gasteiger partial charge in [0.1, 0.15) is 5.78 Å². The van der Waals surface area contributed by atoms with Gasteiger partial charge in [0, 0.05) is 51.9 Å². The molecule has 9 heteroatoms. The van der Waals surface area contributed by atoms with Crippen molar-refractivity contribution in [3.63, 3.8) is 0 Å². The molecule has 0 atom stereocenters. The van der Waals surface area contributed by atoms with E-state index in [4.69, 9.17) is 9.72 Å². The van der Waals surface area contributed by atoms with E-state index in [0.29, 0.717) is 13.2 Å². The number of Topliss-reactive ketones (excluding diaryl/α,β-unsaturated/α-hetero) is 1. The third-order valence-corrected chi connectivity index (χ3v) is 6.61.